The number of carbonyl (C=O) groups excluding carboxylic acids is 9. The molecule has 84 heavy (non-hydrogen) atoms. The molecule has 0 saturated heterocycles. The molecule has 1 rings (SSSR count). The standard InChI is InChI=1S/C55H99N15O12S2/c1-33(2)29-41(51(77)63-37(20-8-13-25-57)47(73)62-39(22-10-15-27-59)50(76)69-44(32-84)55(81)82)66-52(78)42(30-35-17-5-4-6-18-35)67-48(74)38(21-9-14-26-58)64-53(79)43(31-83)68-49(75)40(23-11-16-28-60)65-54(80)45(34(3)71)70-46(72)36(61)19-7-12-24-56/h4-6,17-18,33-34,36-45,71,83-84H,7-16,19-32,56-61H2,1-3H3,(H,62,73)(H,63,77)(H,64,79)(H,65,80)(H,66,78)(H,67,74)(H,68,75)(H,69,76)(H,70,72)(H,81,82). The van der Waals surface area contributed by atoms with Crippen molar-refractivity contribution in [2.75, 3.05) is 44.2 Å². The van der Waals surface area contributed by atoms with Crippen LogP contribution >= 0.6 is 25.3 Å². The molecule has 23 N–H and O–H groups in total. The molecular formula is C55H99N15O12S2. The molecule has 1 aromatic carbocycles. The molecule has 11 unspecified atom stereocenters. The fourth-order valence-corrected chi connectivity index (χ4v) is 9.17. The lowest BCUT2D eigenvalue weighted by Gasteiger charge is -2.29. The Bertz CT molecular complexity index is 2170. The summed E-state index contributed by atoms with van der Waals surface area (Å²) < 4.78 is 0. The van der Waals surface area contributed by atoms with Gasteiger partial charge >= 0.3 is 5.97 Å². The molecular weight excluding hydrogens is 1130 g/mol. The van der Waals surface area contributed by atoms with Crippen molar-refractivity contribution in [3.63, 3.8) is 0 Å². The van der Waals surface area contributed by atoms with Crippen molar-refractivity contribution in [3.05, 3.63) is 35.9 Å². The van der Waals surface area contributed by atoms with Crippen LogP contribution in [0.2, 0.25) is 0 Å². The molecule has 0 aliphatic carbocycles. The molecule has 0 aliphatic heterocycles. The molecule has 0 heterocycles. The van der Waals surface area contributed by atoms with E-state index in [1.807, 2.05) is 13.8 Å². The predicted molar refractivity (Wildman–Crippen MR) is 327 cm³/mol. The summed E-state index contributed by atoms with van der Waals surface area (Å²) in [6.07, 6.45) is 3.64. The fourth-order valence-electron chi connectivity index (χ4n) is 8.66. The van der Waals surface area contributed by atoms with E-state index in [9.17, 15) is 58.2 Å². The van der Waals surface area contributed by atoms with Crippen LogP contribution in [0, 0.1) is 5.92 Å². The molecule has 0 aliphatic rings. The van der Waals surface area contributed by atoms with Gasteiger partial charge in [0.25, 0.3) is 0 Å². The van der Waals surface area contributed by atoms with E-state index in [2.05, 4.69) is 73.1 Å². The third kappa shape index (κ3) is 30.4. The van der Waals surface area contributed by atoms with Gasteiger partial charge in [0.2, 0.25) is 53.2 Å². The first-order valence-corrected chi connectivity index (χ1v) is 30.4. The second-order valence-corrected chi connectivity index (χ2v) is 22.0. The molecule has 478 valence electrons. The van der Waals surface area contributed by atoms with Gasteiger partial charge in [-0.05, 0) is 147 Å². The summed E-state index contributed by atoms with van der Waals surface area (Å²) in [6, 6.07) is -4.25. The molecule has 9 amide bonds. The number of carbonyl (C=O) groups is 10. The minimum atomic E-state index is -1.51. The van der Waals surface area contributed by atoms with Gasteiger partial charge in [0.1, 0.15) is 54.4 Å². The number of hydrogen-bond donors (Lipinski definition) is 19. The predicted octanol–water partition coefficient (Wildman–Crippen LogP) is -3.06. The van der Waals surface area contributed by atoms with Gasteiger partial charge < -0.3 is 92.5 Å². The van der Waals surface area contributed by atoms with Crippen molar-refractivity contribution >= 4 is 84.4 Å². The third-order valence-corrected chi connectivity index (χ3v) is 14.3. The zero-order chi connectivity index (χ0) is 63.1. The van der Waals surface area contributed by atoms with E-state index in [1.165, 1.54) is 6.92 Å². The second kappa shape index (κ2) is 43.9. The highest BCUT2D eigenvalue weighted by Crippen LogP contribution is 2.13. The Morgan fingerprint density at radius 2 is 0.738 bits per heavy atom. The molecule has 0 bridgehead atoms. The van der Waals surface area contributed by atoms with Crippen molar-refractivity contribution in [3.8, 4) is 0 Å². The zero-order valence-electron chi connectivity index (χ0n) is 49.1. The number of hydrogen-bond acceptors (Lipinski definition) is 19. The number of nitrogens with two attached hydrogens (primary N) is 6. The van der Waals surface area contributed by atoms with Crippen molar-refractivity contribution in [1.29, 1.82) is 0 Å². The van der Waals surface area contributed by atoms with E-state index in [0.717, 1.165) is 0 Å². The number of rotatable bonds is 46. The lowest BCUT2D eigenvalue weighted by molar-refractivity contribution is -0.141. The van der Waals surface area contributed by atoms with Crippen LogP contribution in [0.1, 0.15) is 129 Å². The van der Waals surface area contributed by atoms with Crippen LogP contribution in [0.25, 0.3) is 0 Å². The zero-order valence-corrected chi connectivity index (χ0v) is 50.9. The second-order valence-electron chi connectivity index (χ2n) is 21.3. The quantitative estimate of drug-likeness (QED) is 0.0228. The van der Waals surface area contributed by atoms with E-state index in [1.54, 1.807) is 30.3 Å². The van der Waals surface area contributed by atoms with Gasteiger partial charge in [-0.2, -0.15) is 25.3 Å². The van der Waals surface area contributed by atoms with Crippen molar-refractivity contribution in [2.45, 2.75) is 196 Å². The van der Waals surface area contributed by atoms with Crippen molar-refractivity contribution < 1.29 is 58.2 Å². The van der Waals surface area contributed by atoms with Crippen molar-refractivity contribution in [1.82, 2.24) is 47.9 Å². The number of carboxylic acid groups (broad SMARTS) is 1. The maximum Gasteiger partial charge on any atom is 0.327 e. The Labute approximate surface area is 505 Å². The van der Waals surface area contributed by atoms with Gasteiger partial charge in [-0.15, -0.1) is 0 Å². The van der Waals surface area contributed by atoms with E-state index >= 15 is 0 Å². The molecule has 29 heteroatoms. The van der Waals surface area contributed by atoms with Crippen LogP contribution in [0.4, 0.5) is 0 Å². The average Bonchev–Trinajstić information content (AvgIpc) is 3.46. The smallest absolute Gasteiger partial charge is 0.327 e. The summed E-state index contributed by atoms with van der Waals surface area (Å²) in [5, 5.41) is 43.8. The molecule has 27 nitrogen and oxygen atoms in total. The van der Waals surface area contributed by atoms with E-state index in [-0.39, 0.29) is 82.0 Å². The Kier molecular flexibility index (Phi) is 39.9. The number of carboxylic acids is 1. The maximum absolute atomic E-state index is 14.6. The molecule has 0 fully saturated rings. The van der Waals surface area contributed by atoms with E-state index in [4.69, 9.17) is 34.4 Å². The SMILES string of the molecule is CC(C)CC(NC(=O)C(Cc1ccccc1)NC(=O)C(CCCCN)NC(=O)C(CS)NC(=O)C(CCCCN)NC(=O)C(NC(=O)C(N)CCCCN)C(C)O)C(=O)NC(CCCCN)C(=O)NC(CCCCN)C(=O)NC(CS)C(=O)O. The van der Waals surface area contributed by atoms with Gasteiger partial charge in [0.15, 0.2) is 0 Å². The Morgan fingerprint density at radius 1 is 0.417 bits per heavy atom. The fraction of sp³-hybridized carbons (Fsp3) is 0.709. The van der Waals surface area contributed by atoms with Crippen LogP contribution in [-0.4, -0.2) is 180 Å². The topological polar surface area (TPSA) is 476 Å². The van der Waals surface area contributed by atoms with Crippen LogP contribution in [-0.2, 0) is 54.4 Å². The summed E-state index contributed by atoms with van der Waals surface area (Å²) >= 11 is 8.35. The number of thiol groups is 2. The largest absolute Gasteiger partial charge is 0.480 e. The molecule has 0 aromatic heterocycles. The number of amides is 9. The summed E-state index contributed by atoms with van der Waals surface area (Å²) in [5.41, 5.74) is 35.2. The molecule has 0 saturated carbocycles. The number of aliphatic carboxylic acids is 1. The lowest BCUT2D eigenvalue weighted by atomic mass is 9.99. The number of nitrogens with one attached hydrogen (secondary N) is 9. The normalized spacial score (nSPS) is 15.2. The first-order chi connectivity index (χ1) is 40.0. The van der Waals surface area contributed by atoms with E-state index in [0.29, 0.717) is 82.9 Å². The van der Waals surface area contributed by atoms with Gasteiger partial charge in [0, 0.05) is 17.9 Å². The summed E-state index contributed by atoms with van der Waals surface area (Å²) in [4.78, 5) is 137. The average molecular weight is 1230 g/mol. The van der Waals surface area contributed by atoms with Crippen LogP contribution in [0.3, 0.4) is 0 Å². The summed E-state index contributed by atoms with van der Waals surface area (Å²) in [7, 11) is 0. The molecule has 0 radical (unpaired) electrons. The lowest BCUT2D eigenvalue weighted by Crippen LogP contribution is -2.61. The molecule has 0 spiro atoms. The number of aliphatic hydroxyl groups is 1. The number of benzene rings is 1. The van der Waals surface area contributed by atoms with Gasteiger partial charge in [-0.3, -0.25) is 43.2 Å². The minimum Gasteiger partial charge on any atom is -0.480 e. The van der Waals surface area contributed by atoms with Gasteiger partial charge in [0.05, 0.1) is 12.1 Å². The Morgan fingerprint density at radius 3 is 1.11 bits per heavy atom. The summed E-state index contributed by atoms with van der Waals surface area (Å²) in [5.74, 6) is -9.15. The number of aliphatic hydroxyl groups excluding tert-OH is 1. The molecule has 1 aromatic rings. The maximum atomic E-state index is 14.6. The first kappa shape index (κ1) is 76.4. The minimum absolute atomic E-state index is 0.0272. The third-order valence-electron chi connectivity index (χ3n) is 13.6. The van der Waals surface area contributed by atoms with Crippen LogP contribution in [0.5, 0.6) is 0 Å². The Hall–Kier alpha value is -5.66. The highest BCUT2D eigenvalue weighted by Gasteiger charge is 2.36. The monoisotopic (exact) mass is 1230 g/mol. The first-order valence-electron chi connectivity index (χ1n) is 29.2. The molecule has 11 atom stereocenters. The highest BCUT2D eigenvalue weighted by molar-refractivity contribution is 7.80. The van der Waals surface area contributed by atoms with E-state index < -0.39 is 126 Å². The highest BCUT2D eigenvalue weighted by atomic mass is 32.1. The Balaban J connectivity index is 3.58. The summed E-state index contributed by atoms with van der Waals surface area (Å²) in [6.45, 7) is 6.40. The van der Waals surface area contributed by atoms with Gasteiger partial charge in [-0.25, -0.2) is 4.79 Å². The van der Waals surface area contributed by atoms with Crippen LogP contribution < -0.4 is 82.3 Å². The van der Waals surface area contributed by atoms with Crippen LogP contribution in [0.15, 0.2) is 30.3 Å². The number of unbranched alkanes of at least 4 members (excludes halogenated alkanes) is 5. The van der Waals surface area contributed by atoms with Gasteiger partial charge in [-0.1, -0.05) is 50.6 Å². The van der Waals surface area contributed by atoms with Crippen molar-refractivity contribution in [2.24, 2.45) is 40.3 Å².